The van der Waals surface area contributed by atoms with Crippen LogP contribution in [0.15, 0.2) is 33.9 Å². The summed E-state index contributed by atoms with van der Waals surface area (Å²) in [6.07, 6.45) is 1.67. The third-order valence-electron chi connectivity index (χ3n) is 7.05. The fourth-order valence-corrected chi connectivity index (χ4v) is 5.05. The van der Waals surface area contributed by atoms with Gasteiger partial charge in [-0.15, -0.1) is 5.92 Å². The number of piperidine rings is 1. The van der Waals surface area contributed by atoms with E-state index in [2.05, 4.69) is 21.8 Å². The number of imidazole rings is 1. The minimum atomic E-state index is -0.495. The Balaban J connectivity index is 1.67. The van der Waals surface area contributed by atoms with E-state index in [1.54, 1.807) is 25.5 Å². The normalized spacial score (nSPS) is 15.7. The van der Waals surface area contributed by atoms with Crippen molar-refractivity contribution in [3.8, 4) is 11.8 Å². The first-order valence-corrected chi connectivity index (χ1v) is 12.4. The van der Waals surface area contributed by atoms with E-state index >= 15 is 0 Å². The lowest BCUT2D eigenvalue weighted by molar-refractivity contribution is -0.120. The first-order valence-electron chi connectivity index (χ1n) is 12.4. The standard InChI is InChI=1S/C27H29N7O3/c1-5-6-14-33-23-24(30-26(33)32-13-9-10-19(15-32)18(3)35)31(4)27(37)34(25(23)36)16-22-28-17(2)20-11-7-8-12-21(20)29-22/h7-8,11-12,19H,9-10,13-16H2,1-4H3. The average Bonchev–Trinajstić information content (AvgIpc) is 3.28. The Kier molecular flexibility index (Phi) is 6.38. The van der Waals surface area contributed by atoms with E-state index in [0.717, 1.165) is 34.0 Å². The minimum absolute atomic E-state index is 0.0663. The minimum Gasteiger partial charge on any atom is -0.341 e. The molecule has 1 aliphatic rings. The Morgan fingerprint density at radius 3 is 2.68 bits per heavy atom. The Hall–Kier alpha value is -4.26. The second-order valence-electron chi connectivity index (χ2n) is 9.47. The Morgan fingerprint density at radius 1 is 1.14 bits per heavy atom. The third-order valence-corrected chi connectivity index (χ3v) is 7.05. The fraction of sp³-hybridized carbons (Fsp3) is 0.407. The topological polar surface area (TPSA) is 108 Å². The van der Waals surface area contributed by atoms with Gasteiger partial charge in [0.1, 0.15) is 11.6 Å². The maximum Gasteiger partial charge on any atom is 0.332 e. The molecule has 0 bridgehead atoms. The number of nitrogens with zero attached hydrogens (tertiary/aromatic N) is 7. The van der Waals surface area contributed by atoms with Crippen LogP contribution in [0.4, 0.5) is 5.95 Å². The van der Waals surface area contributed by atoms with Crippen LogP contribution in [0.1, 0.15) is 38.2 Å². The number of ketones is 1. The molecule has 190 valence electrons. The summed E-state index contributed by atoms with van der Waals surface area (Å²) in [6, 6.07) is 7.64. The summed E-state index contributed by atoms with van der Waals surface area (Å²) < 4.78 is 4.30. The number of aromatic nitrogens is 6. The van der Waals surface area contributed by atoms with E-state index < -0.39 is 11.2 Å². The summed E-state index contributed by atoms with van der Waals surface area (Å²) in [5.74, 6) is 6.90. The molecule has 0 saturated carbocycles. The molecule has 1 aliphatic heterocycles. The van der Waals surface area contributed by atoms with Crippen molar-refractivity contribution in [1.82, 2.24) is 28.7 Å². The van der Waals surface area contributed by atoms with Gasteiger partial charge in [-0.1, -0.05) is 24.1 Å². The van der Waals surface area contributed by atoms with Gasteiger partial charge in [0.15, 0.2) is 11.2 Å². The van der Waals surface area contributed by atoms with E-state index in [1.165, 1.54) is 4.57 Å². The van der Waals surface area contributed by atoms with Crippen molar-refractivity contribution in [2.24, 2.45) is 13.0 Å². The van der Waals surface area contributed by atoms with Crippen molar-refractivity contribution >= 4 is 33.8 Å². The summed E-state index contributed by atoms with van der Waals surface area (Å²) in [7, 11) is 1.61. The Bertz CT molecular complexity index is 1720. The van der Waals surface area contributed by atoms with Crippen LogP contribution in [0.25, 0.3) is 22.1 Å². The second kappa shape index (κ2) is 9.65. The lowest BCUT2D eigenvalue weighted by Crippen LogP contribution is -2.40. The molecule has 3 aromatic heterocycles. The van der Waals surface area contributed by atoms with Gasteiger partial charge >= 0.3 is 5.69 Å². The molecule has 1 saturated heterocycles. The number of rotatable bonds is 5. The van der Waals surface area contributed by atoms with E-state index in [0.29, 0.717) is 36.0 Å². The highest BCUT2D eigenvalue weighted by molar-refractivity contribution is 5.81. The summed E-state index contributed by atoms with van der Waals surface area (Å²) in [6.45, 7) is 6.63. The predicted octanol–water partition coefficient (Wildman–Crippen LogP) is 2.03. The smallest absolute Gasteiger partial charge is 0.332 e. The van der Waals surface area contributed by atoms with Crippen LogP contribution in [0, 0.1) is 24.7 Å². The van der Waals surface area contributed by atoms with Gasteiger partial charge in [0.05, 0.1) is 18.6 Å². The summed E-state index contributed by atoms with van der Waals surface area (Å²) >= 11 is 0. The predicted molar refractivity (Wildman–Crippen MR) is 142 cm³/mol. The maximum absolute atomic E-state index is 13.8. The highest BCUT2D eigenvalue weighted by Crippen LogP contribution is 2.26. The number of benzene rings is 1. The van der Waals surface area contributed by atoms with Crippen molar-refractivity contribution < 1.29 is 4.79 Å². The van der Waals surface area contributed by atoms with Gasteiger partial charge in [0.2, 0.25) is 5.95 Å². The molecule has 4 heterocycles. The molecule has 5 rings (SSSR count). The molecule has 10 heteroatoms. The van der Waals surface area contributed by atoms with Crippen LogP contribution in [0.2, 0.25) is 0 Å². The van der Waals surface area contributed by atoms with Crippen molar-refractivity contribution in [2.75, 3.05) is 18.0 Å². The quantitative estimate of drug-likeness (QED) is 0.387. The number of carbonyl (C=O) groups excluding carboxylic acids is 1. The molecule has 1 atom stereocenters. The van der Waals surface area contributed by atoms with Crippen molar-refractivity contribution in [2.45, 2.75) is 46.7 Å². The van der Waals surface area contributed by atoms with Crippen molar-refractivity contribution in [1.29, 1.82) is 0 Å². The molecule has 0 spiro atoms. The number of anilines is 1. The average molecular weight is 500 g/mol. The second-order valence-corrected chi connectivity index (χ2v) is 9.47. The zero-order chi connectivity index (χ0) is 26.3. The van der Waals surface area contributed by atoms with Crippen LogP contribution in [-0.2, 0) is 24.9 Å². The lowest BCUT2D eigenvalue weighted by atomic mass is 9.95. The number of aryl methyl sites for hydroxylation is 2. The lowest BCUT2D eigenvalue weighted by Gasteiger charge is -2.32. The molecule has 1 aromatic carbocycles. The molecular formula is C27H29N7O3. The molecule has 0 aliphatic carbocycles. The molecule has 0 amide bonds. The molecule has 1 fully saturated rings. The Morgan fingerprint density at radius 2 is 1.92 bits per heavy atom. The SMILES string of the molecule is CC#CCn1c(N2CCCC(C(C)=O)C2)nc2c1c(=O)n(Cc1nc(C)c3ccccc3n1)c(=O)n2C. The van der Waals surface area contributed by atoms with Crippen LogP contribution in [-0.4, -0.2) is 47.5 Å². The molecule has 1 unspecified atom stereocenters. The fourth-order valence-electron chi connectivity index (χ4n) is 5.05. The van der Waals surface area contributed by atoms with Gasteiger partial charge in [-0.2, -0.15) is 4.98 Å². The molecule has 37 heavy (non-hydrogen) atoms. The highest BCUT2D eigenvalue weighted by Gasteiger charge is 2.29. The van der Waals surface area contributed by atoms with Crippen LogP contribution in [0.5, 0.6) is 0 Å². The first-order chi connectivity index (χ1) is 17.8. The number of fused-ring (bicyclic) bond motifs is 2. The summed E-state index contributed by atoms with van der Waals surface area (Å²) in [5.41, 5.74) is 1.16. The van der Waals surface area contributed by atoms with Gasteiger partial charge in [-0.3, -0.25) is 23.3 Å². The van der Waals surface area contributed by atoms with Gasteiger partial charge in [0, 0.05) is 37.1 Å². The van der Waals surface area contributed by atoms with Crippen molar-refractivity contribution in [3.63, 3.8) is 0 Å². The Labute approximate surface area is 213 Å². The van der Waals surface area contributed by atoms with Gasteiger partial charge in [-0.05, 0) is 39.7 Å². The van der Waals surface area contributed by atoms with E-state index in [-0.39, 0.29) is 24.8 Å². The molecule has 0 radical (unpaired) electrons. The van der Waals surface area contributed by atoms with Gasteiger partial charge in [0.25, 0.3) is 5.56 Å². The number of para-hydroxylation sites is 1. The number of carbonyl (C=O) groups is 1. The largest absolute Gasteiger partial charge is 0.341 e. The zero-order valence-corrected chi connectivity index (χ0v) is 21.5. The number of Topliss-reactive ketones (excluding diaryl/α,β-unsaturated/α-hetero) is 1. The first kappa shape index (κ1) is 24.4. The monoisotopic (exact) mass is 499 g/mol. The van der Waals surface area contributed by atoms with E-state index in [4.69, 9.17) is 4.98 Å². The van der Waals surface area contributed by atoms with E-state index in [9.17, 15) is 14.4 Å². The summed E-state index contributed by atoms with van der Waals surface area (Å²) in [5, 5.41) is 0.924. The molecule has 0 N–H and O–H groups in total. The molecule has 10 nitrogen and oxygen atoms in total. The third kappa shape index (κ3) is 4.31. The highest BCUT2D eigenvalue weighted by atomic mass is 16.2. The number of hydrogen-bond donors (Lipinski definition) is 0. The van der Waals surface area contributed by atoms with Crippen molar-refractivity contribution in [3.05, 3.63) is 56.6 Å². The van der Waals surface area contributed by atoms with Gasteiger partial charge in [-0.25, -0.2) is 14.8 Å². The maximum atomic E-state index is 13.8. The van der Waals surface area contributed by atoms with E-state index in [1.807, 2.05) is 36.1 Å². The molecule has 4 aromatic rings. The molecular weight excluding hydrogens is 470 g/mol. The summed E-state index contributed by atoms with van der Waals surface area (Å²) in [4.78, 5) is 55.2. The van der Waals surface area contributed by atoms with Crippen LogP contribution >= 0.6 is 0 Å². The van der Waals surface area contributed by atoms with Crippen LogP contribution in [0.3, 0.4) is 0 Å². The zero-order valence-electron chi connectivity index (χ0n) is 21.5. The van der Waals surface area contributed by atoms with Gasteiger partial charge < -0.3 is 4.90 Å². The number of hydrogen-bond acceptors (Lipinski definition) is 7. The van der Waals surface area contributed by atoms with Crippen LogP contribution < -0.4 is 16.1 Å².